The van der Waals surface area contributed by atoms with Crippen LogP contribution in [0.2, 0.25) is 0 Å². The average Bonchev–Trinajstić information content (AvgIpc) is 3.42. The zero-order chi connectivity index (χ0) is 23.6. The van der Waals surface area contributed by atoms with Crippen LogP contribution in [-0.4, -0.2) is 42.0 Å². The minimum Gasteiger partial charge on any atom is -0.326 e. The first-order chi connectivity index (χ1) is 13.2. The van der Waals surface area contributed by atoms with Gasteiger partial charge in [0, 0.05) is 12.8 Å². The summed E-state index contributed by atoms with van der Waals surface area (Å²) in [5.41, 5.74) is 0.849. The van der Waals surface area contributed by atoms with Crippen LogP contribution in [0.1, 0.15) is 11.1 Å². The van der Waals surface area contributed by atoms with E-state index in [1.165, 1.54) is 0 Å². The van der Waals surface area contributed by atoms with Gasteiger partial charge in [0.25, 0.3) is 0 Å². The largest absolute Gasteiger partial charge is 0.460 e. The van der Waals surface area contributed by atoms with Crippen molar-refractivity contribution < 1.29 is 57.1 Å². The Bertz CT molecular complexity index is 818. The maximum absolute atomic E-state index is 14.4. The van der Waals surface area contributed by atoms with Crippen LogP contribution in [0.3, 0.4) is 0 Å². The predicted molar refractivity (Wildman–Crippen MR) is 75.3 cm³/mol. The van der Waals surface area contributed by atoms with Crippen LogP contribution >= 0.6 is 0 Å². The molecule has 0 saturated heterocycles. The molecule has 0 aromatic heterocycles. The van der Waals surface area contributed by atoms with Gasteiger partial charge >= 0.3 is 35.8 Å². The minimum atomic E-state index is -7.94. The monoisotopic (exact) mass is 464 g/mol. The molecule has 2 nitrogen and oxygen atoms in total. The SMILES string of the molecule is NCc1ccc(C2(C(F)(F)C(F)(F)C(F)(F)C(F)(F)C(F)(F)C(F)(F)F)C=N2)cc1. The Morgan fingerprint density at radius 3 is 1.40 bits per heavy atom. The summed E-state index contributed by atoms with van der Waals surface area (Å²) in [6.45, 7) is -0.169. The molecular formula is C15H9F13N2. The van der Waals surface area contributed by atoms with E-state index in [1.807, 2.05) is 0 Å². The van der Waals surface area contributed by atoms with Crippen molar-refractivity contribution in [1.82, 2.24) is 0 Å². The highest BCUT2D eigenvalue weighted by molar-refractivity contribution is 5.88. The number of halogens is 13. The summed E-state index contributed by atoms with van der Waals surface area (Å²) >= 11 is 0. The van der Waals surface area contributed by atoms with Gasteiger partial charge in [-0.1, -0.05) is 24.3 Å². The number of rotatable bonds is 7. The van der Waals surface area contributed by atoms with E-state index < -0.39 is 46.9 Å². The molecule has 0 radical (unpaired) electrons. The van der Waals surface area contributed by atoms with E-state index in [2.05, 4.69) is 4.99 Å². The molecule has 2 N–H and O–H groups in total. The summed E-state index contributed by atoms with van der Waals surface area (Å²) in [5, 5.41) is 0. The van der Waals surface area contributed by atoms with Crippen molar-refractivity contribution in [3.8, 4) is 0 Å². The second kappa shape index (κ2) is 6.47. The lowest BCUT2D eigenvalue weighted by atomic mass is 9.82. The molecule has 0 saturated carbocycles. The molecule has 1 aliphatic rings. The number of alkyl halides is 13. The normalized spacial score (nSPS) is 21.1. The van der Waals surface area contributed by atoms with Crippen molar-refractivity contribution in [2.24, 2.45) is 10.7 Å². The fourth-order valence-electron chi connectivity index (χ4n) is 2.46. The first-order valence-corrected chi connectivity index (χ1v) is 7.56. The van der Waals surface area contributed by atoms with Crippen LogP contribution in [0, 0.1) is 0 Å². The molecule has 1 aromatic rings. The van der Waals surface area contributed by atoms with Crippen LogP contribution in [0.15, 0.2) is 29.3 Å². The zero-order valence-corrected chi connectivity index (χ0v) is 14.0. The molecule has 30 heavy (non-hydrogen) atoms. The van der Waals surface area contributed by atoms with Crippen molar-refractivity contribution in [3.63, 3.8) is 0 Å². The number of nitrogens with two attached hydrogens (primary N) is 1. The second-order valence-electron chi connectivity index (χ2n) is 6.30. The molecule has 0 spiro atoms. The van der Waals surface area contributed by atoms with Gasteiger partial charge in [0.2, 0.25) is 0 Å². The van der Waals surface area contributed by atoms with Gasteiger partial charge in [-0.25, -0.2) is 0 Å². The minimum absolute atomic E-state index is 0.0471. The topological polar surface area (TPSA) is 38.4 Å². The molecular weight excluding hydrogens is 455 g/mol. The molecule has 1 aromatic carbocycles. The average molecular weight is 464 g/mol. The summed E-state index contributed by atoms with van der Waals surface area (Å²) in [4.78, 5) is 2.73. The van der Waals surface area contributed by atoms with E-state index in [0.29, 0.717) is 12.1 Å². The van der Waals surface area contributed by atoms with E-state index in [0.717, 1.165) is 12.1 Å². The summed E-state index contributed by atoms with van der Waals surface area (Å²) < 4.78 is 173. The van der Waals surface area contributed by atoms with Gasteiger partial charge in [0.1, 0.15) is 0 Å². The van der Waals surface area contributed by atoms with E-state index in [9.17, 15) is 57.1 Å². The zero-order valence-electron chi connectivity index (χ0n) is 14.0. The molecule has 1 atom stereocenters. The summed E-state index contributed by atoms with van der Waals surface area (Å²) in [5.74, 6) is -37.3. The smallest absolute Gasteiger partial charge is 0.326 e. The second-order valence-corrected chi connectivity index (χ2v) is 6.30. The maximum atomic E-state index is 14.4. The third kappa shape index (κ3) is 2.87. The molecule has 0 amide bonds. The maximum Gasteiger partial charge on any atom is 0.460 e. The van der Waals surface area contributed by atoms with Crippen molar-refractivity contribution in [3.05, 3.63) is 35.4 Å². The molecule has 15 heteroatoms. The number of hydrogen-bond donors (Lipinski definition) is 1. The van der Waals surface area contributed by atoms with Gasteiger partial charge in [-0.15, -0.1) is 0 Å². The first kappa shape index (κ1) is 24.2. The highest BCUT2D eigenvalue weighted by atomic mass is 19.4. The van der Waals surface area contributed by atoms with Gasteiger partial charge in [0.05, 0.1) is 0 Å². The van der Waals surface area contributed by atoms with Crippen LogP contribution in [0.25, 0.3) is 0 Å². The highest BCUT2D eigenvalue weighted by Crippen LogP contribution is 2.64. The van der Waals surface area contributed by atoms with Crippen LogP contribution in [0.5, 0.6) is 0 Å². The molecule has 1 aliphatic heterocycles. The van der Waals surface area contributed by atoms with Crippen LogP contribution in [-0.2, 0) is 12.1 Å². The molecule has 1 unspecified atom stereocenters. The van der Waals surface area contributed by atoms with Gasteiger partial charge in [-0.05, 0) is 11.1 Å². The Kier molecular flexibility index (Phi) is 5.22. The molecule has 1 heterocycles. The molecule has 2 rings (SSSR count). The predicted octanol–water partition coefficient (Wildman–Crippen LogP) is 5.16. The lowest BCUT2D eigenvalue weighted by Crippen LogP contribution is -2.72. The Morgan fingerprint density at radius 2 is 1.07 bits per heavy atom. The van der Waals surface area contributed by atoms with Crippen molar-refractivity contribution in [1.29, 1.82) is 0 Å². The van der Waals surface area contributed by atoms with Gasteiger partial charge in [0.15, 0.2) is 5.54 Å². The Labute approximate surface area is 158 Å². The molecule has 0 aliphatic carbocycles. The molecule has 170 valence electrons. The Morgan fingerprint density at radius 1 is 0.667 bits per heavy atom. The number of hydrogen-bond acceptors (Lipinski definition) is 2. The van der Waals surface area contributed by atoms with Crippen molar-refractivity contribution in [2.45, 2.75) is 47.9 Å². The summed E-state index contributed by atoms with van der Waals surface area (Å²) in [7, 11) is 0. The van der Waals surface area contributed by atoms with Gasteiger partial charge in [-0.2, -0.15) is 57.1 Å². The fraction of sp³-hybridized carbons (Fsp3) is 0.533. The van der Waals surface area contributed by atoms with Gasteiger partial charge < -0.3 is 5.73 Å². The van der Waals surface area contributed by atoms with E-state index in [-0.39, 0.29) is 18.3 Å². The quantitative estimate of drug-likeness (QED) is 0.557. The van der Waals surface area contributed by atoms with E-state index in [1.54, 1.807) is 0 Å². The number of aliphatic imine (C=N–C) groups is 1. The van der Waals surface area contributed by atoms with Crippen molar-refractivity contribution in [2.75, 3.05) is 0 Å². The first-order valence-electron chi connectivity index (χ1n) is 7.56. The number of benzene rings is 1. The Balaban J connectivity index is 2.56. The standard InChI is InChI=1S/C15H9F13N2/c16-10(17,9(6-30-9)8-3-1-7(5-29)2-4-8)11(18,19)12(20,21)13(22,23)14(24,25)15(26,27)28/h1-4,6H,5,29H2. The molecule has 0 fully saturated rings. The third-order valence-corrected chi connectivity index (χ3v) is 4.43. The third-order valence-electron chi connectivity index (χ3n) is 4.43. The summed E-state index contributed by atoms with van der Waals surface area (Å²) in [6, 6.07) is 3.24. The van der Waals surface area contributed by atoms with E-state index >= 15 is 0 Å². The van der Waals surface area contributed by atoms with Crippen molar-refractivity contribution >= 4 is 6.21 Å². The van der Waals surface area contributed by atoms with E-state index in [4.69, 9.17) is 5.73 Å². The lowest BCUT2D eigenvalue weighted by Gasteiger charge is -2.41. The van der Waals surface area contributed by atoms with Gasteiger partial charge in [-0.3, -0.25) is 4.99 Å². The lowest BCUT2D eigenvalue weighted by molar-refractivity contribution is -0.441. The highest BCUT2D eigenvalue weighted by Gasteiger charge is 2.93. The summed E-state index contributed by atoms with van der Waals surface area (Å²) in [6.07, 6.45) is -7.49. The molecule has 0 bridgehead atoms. The Hall–Kier alpha value is -2.06. The number of nitrogens with zero attached hydrogens (tertiary/aromatic N) is 1. The fourth-order valence-corrected chi connectivity index (χ4v) is 2.46. The van der Waals surface area contributed by atoms with Crippen LogP contribution in [0.4, 0.5) is 57.1 Å². The van der Waals surface area contributed by atoms with Crippen LogP contribution < -0.4 is 5.73 Å².